The van der Waals surface area contributed by atoms with E-state index >= 15 is 0 Å². The number of hydrogen-bond acceptors (Lipinski definition) is 6. The first-order valence-corrected chi connectivity index (χ1v) is 10.4. The summed E-state index contributed by atoms with van der Waals surface area (Å²) < 4.78 is 0. The van der Waals surface area contributed by atoms with E-state index in [2.05, 4.69) is 27.4 Å². The van der Waals surface area contributed by atoms with Crippen molar-refractivity contribution in [3.05, 3.63) is 66.1 Å². The minimum atomic E-state index is -0.416. The van der Waals surface area contributed by atoms with Crippen LogP contribution in [0.2, 0.25) is 0 Å². The van der Waals surface area contributed by atoms with Crippen molar-refractivity contribution in [3.63, 3.8) is 0 Å². The van der Waals surface area contributed by atoms with Crippen LogP contribution in [0.15, 0.2) is 60.6 Å². The summed E-state index contributed by atoms with van der Waals surface area (Å²) in [7, 11) is 1.64. The molecule has 0 aliphatic carbocycles. The normalized spacial score (nSPS) is 11.0. The summed E-state index contributed by atoms with van der Waals surface area (Å²) in [4.78, 5) is 27.1. The number of nitrogens with one attached hydrogen (secondary N) is 4. The monoisotopic (exact) mass is 438 g/mol. The zero-order chi connectivity index (χ0) is 23.5. The second-order valence-electron chi connectivity index (χ2n) is 7.09. The first-order chi connectivity index (χ1) is 15.4. The Morgan fingerprint density at radius 1 is 1.34 bits per heavy atom. The minimum absolute atomic E-state index is 0.0455. The van der Waals surface area contributed by atoms with Crippen molar-refractivity contribution >= 4 is 17.6 Å². The standard InChI is InChI=1S/C23H30N6O3/c1-4-12-29(23(32)16(2)7-6-13-30)21(24)20(15-25-3)27-22(31)18-9-5-8-17(14-18)19-10-11-26-28-19/h5,8-11,14-15,24-25,30H,2,4,6-7,12-13H2,1,3H3,(H,26,28)(H,27,31)/b20-15+,24-21?. The van der Waals surface area contributed by atoms with Crippen LogP contribution in [-0.4, -0.2) is 58.1 Å². The van der Waals surface area contributed by atoms with E-state index in [4.69, 9.17) is 10.5 Å². The molecular weight excluding hydrogens is 408 g/mol. The summed E-state index contributed by atoms with van der Waals surface area (Å²) in [5, 5.41) is 29.9. The van der Waals surface area contributed by atoms with Gasteiger partial charge in [-0.05, 0) is 37.5 Å². The van der Waals surface area contributed by atoms with Gasteiger partial charge in [0.15, 0.2) is 5.84 Å². The Morgan fingerprint density at radius 2 is 2.12 bits per heavy atom. The molecule has 1 aromatic carbocycles. The number of carbonyl (C=O) groups excluding carboxylic acids is 2. The van der Waals surface area contributed by atoms with E-state index < -0.39 is 11.8 Å². The molecule has 5 N–H and O–H groups in total. The molecule has 2 amide bonds. The number of H-pyrrole nitrogens is 1. The van der Waals surface area contributed by atoms with Gasteiger partial charge in [-0.1, -0.05) is 25.6 Å². The maximum atomic E-state index is 12.9. The van der Waals surface area contributed by atoms with E-state index in [1.54, 1.807) is 37.5 Å². The first-order valence-electron chi connectivity index (χ1n) is 10.4. The number of aromatic nitrogens is 2. The molecule has 0 aliphatic rings. The van der Waals surface area contributed by atoms with Crippen LogP contribution in [0.4, 0.5) is 0 Å². The number of hydrogen-bond donors (Lipinski definition) is 5. The van der Waals surface area contributed by atoms with Crippen LogP contribution in [0.1, 0.15) is 36.5 Å². The molecule has 9 nitrogen and oxygen atoms in total. The highest BCUT2D eigenvalue weighted by molar-refractivity contribution is 6.12. The third-order valence-corrected chi connectivity index (χ3v) is 4.63. The molecule has 0 fully saturated rings. The van der Waals surface area contributed by atoms with E-state index in [9.17, 15) is 9.59 Å². The predicted molar refractivity (Wildman–Crippen MR) is 124 cm³/mol. The average molecular weight is 439 g/mol. The quantitative estimate of drug-likeness (QED) is 0.209. The lowest BCUT2D eigenvalue weighted by molar-refractivity contribution is -0.123. The van der Waals surface area contributed by atoms with Gasteiger partial charge in [0.05, 0.1) is 11.4 Å². The van der Waals surface area contributed by atoms with Gasteiger partial charge in [-0.2, -0.15) is 5.10 Å². The van der Waals surface area contributed by atoms with Gasteiger partial charge in [-0.15, -0.1) is 0 Å². The number of benzene rings is 1. The SMILES string of the molecule is C=C(CCCO)C(=O)N(CCC)C(=N)/C(=C\NC)NC(=O)c1cccc(-c2ccn[nH]2)c1. The fourth-order valence-electron chi connectivity index (χ4n) is 3.02. The molecular formula is C23H30N6O3. The molecule has 1 aromatic heterocycles. The van der Waals surface area contributed by atoms with Gasteiger partial charge in [-0.3, -0.25) is 25.0 Å². The van der Waals surface area contributed by atoms with E-state index in [1.807, 2.05) is 13.0 Å². The van der Waals surface area contributed by atoms with Crippen LogP contribution >= 0.6 is 0 Å². The van der Waals surface area contributed by atoms with Crippen LogP contribution in [-0.2, 0) is 4.79 Å². The number of amides is 2. The Balaban J connectivity index is 2.22. The van der Waals surface area contributed by atoms with Crippen molar-refractivity contribution < 1.29 is 14.7 Å². The second kappa shape index (κ2) is 12.2. The number of aliphatic hydroxyl groups is 1. The molecule has 2 rings (SSSR count). The summed E-state index contributed by atoms with van der Waals surface area (Å²) in [5.74, 6) is -0.960. The summed E-state index contributed by atoms with van der Waals surface area (Å²) in [6, 6.07) is 8.81. The molecule has 0 aliphatic heterocycles. The smallest absolute Gasteiger partial charge is 0.255 e. The number of nitrogens with zero attached hydrogens (tertiary/aromatic N) is 2. The molecule has 0 spiro atoms. The van der Waals surface area contributed by atoms with Gasteiger partial charge >= 0.3 is 0 Å². The van der Waals surface area contributed by atoms with Gasteiger partial charge in [0, 0.05) is 49.3 Å². The summed E-state index contributed by atoms with van der Waals surface area (Å²) in [5.41, 5.74) is 2.43. The van der Waals surface area contributed by atoms with Crippen molar-refractivity contribution in [2.75, 3.05) is 20.2 Å². The van der Waals surface area contributed by atoms with E-state index in [-0.39, 0.29) is 18.1 Å². The Labute approximate surface area is 187 Å². The molecule has 170 valence electrons. The minimum Gasteiger partial charge on any atom is -0.396 e. The molecule has 0 saturated heterocycles. The third kappa shape index (κ3) is 6.39. The van der Waals surface area contributed by atoms with Gasteiger partial charge in [0.25, 0.3) is 11.8 Å². The van der Waals surface area contributed by atoms with Gasteiger partial charge in [0.1, 0.15) is 0 Å². The Hall–Kier alpha value is -3.72. The van der Waals surface area contributed by atoms with Crippen molar-refractivity contribution in [1.29, 1.82) is 5.41 Å². The van der Waals surface area contributed by atoms with Crippen molar-refractivity contribution in [2.24, 2.45) is 0 Å². The van der Waals surface area contributed by atoms with Crippen LogP contribution < -0.4 is 10.6 Å². The van der Waals surface area contributed by atoms with E-state index in [1.165, 1.54) is 11.1 Å². The number of amidine groups is 1. The van der Waals surface area contributed by atoms with Crippen LogP contribution in [0.25, 0.3) is 11.3 Å². The first kappa shape index (κ1) is 24.5. The summed E-state index contributed by atoms with van der Waals surface area (Å²) in [6.45, 7) is 5.94. The van der Waals surface area contributed by atoms with Crippen molar-refractivity contribution in [1.82, 2.24) is 25.7 Å². The highest BCUT2D eigenvalue weighted by Crippen LogP contribution is 2.18. The van der Waals surface area contributed by atoms with Crippen LogP contribution in [0.3, 0.4) is 0 Å². The summed E-state index contributed by atoms with van der Waals surface area (Å²) >= 11 is 0. The second-order valence-corrected chi connectivity index (χ2v) is 7.09. The van der Waals surface area contributed by atoms with Crippen molar-refractivity contribution in [3.8, 4) is 11.3 Å². The Morgan fingerprint density at radius 3 is 2.75 bits per heavy atom. The molecule has 9 heteroatoms. The average Bonchev–Trinajstić information content (AvgIpc) is 3.35. The fraction of sp³-hybridized carbons (Fsp3) is 0.304. The Kier molecular flexibility index (Phi) is 9.37. The maximum Gasteiger partial charge on any atom is 0.255 e. The number of rotatable bonds is 11. The Bertz CT molecular complexity index is 981. The highest BCUT2D eigenvalue weighted by atomic mass is 16.3. The molecule has 1 heterocycles. The van der Waals surface area contributed by atoms with Gasteiger partial charge < -0.3 is 15.7 Å². The third-order valence-electron chi connectivity index (χ3n) is 4.63. The predicted octanol–water partition coefficient (Wildman–Crippen LogP) is 2.41. The van der Waals surface area contributed by atoms with Gasteiger partial charge in [-0.25, -0.2) is 0 Å². The van der Waals surface area contributed by atoms with Crippen LogP contribution in [0.5, 0.6) is 0 Å². The summed E-state index contributed by atoms with van der Waals surface area (Å²) in [6.07, 6.45) is 4.46. The maximum absolute atomic E-state index is 12.9. The van der Waals surface area contributed by atoms with Crippen LogP contribution in [0, 0.1) is 5.41 Å². The largest absolute Gasteiger partial charge is 0.396 e. The van der Waals surface area contributed by atoms with Crippen molar-refractivity contribution in [2.45, 2.75) is 26.2 Å². The lowest BCUT2D eigenvalue weighted by Gasteiger charge is -2.25. The molecule has 0 saturated carbocycles. The molecule has 0 radical (unpaired) electrons. The number of carbonyl (C=O) groups is 2. The van der Waals surface area contributed by atoms with E-state index in [0.717, 1.165) is 11.3 Å². The van der Waals surface area contributed by atoms with Gasteiger partial charge in [0.2, 0.25) is 0 Å². The van der Waals surface area contributed by atoms with E-state index in [0.29, 0.717) is 36.9 Å². The number of aromatic amines is 1. The lowest BCUT2D eigenvalue weighted by atomic mass is 10.1. The molecule has 0 bridgehead atoms. The fourth-order valence-corrected chi connectivity index (χ4v) is 3.02. The highest BCUT2D eigenvalue weighted by Gasteiger charge is 2.24. The molecule has 0 unspecified atom stereocenters. The lowest BCUT2D eigenvalue weighted by Crippen LogP contribution is -2.43. The molecule has 2 aromatic rings. The zero-order valence-corrected chi connectivity index (χ0v) is 18.4. The molecule has 32 heavy (non-hydrogen) atoms. The molecule has 0 atom stereocenters. The topological polar surface area (TPSA) is 134 Å². The zero-order valence-electron chi connectivity index (χ0n) is 18.4. The number of aliphatic hydroxyl groups excluding tert-OH is 1.